The second-order valence-corrected chi connectivity index (χ2v) is 8.58. The summed E-state index contributed by atoms with van der Waals surface area (Å²) < 4.78 is 15.8. The molecule has 1 saturated heterocycles. The van der Waals surface area contributed by atoms with Gasteiger partial charge in [-0.3, -0.25) is 9.88 Å². The van der Waals surface area contributed by atoms with Gasteiger partial charge in [-0.1, -0.05) is 0 Å². The largest absolute Gasteiger partial charge is 0.468 e. The highest BCUT2D eigenvalue weighted by Crippen LogP contribution is 2.28. The van der Waals surface area contributed by atoms with Crippen LogP contribution in [-0.2, 0) is 16.0 Å². The highest BCUT2D eigenvalue weighted by atomic mass is 32.1. The van der Waals surface area contributed by atoms with E-state index in [4.69, 9.17) is 19.2 Å². The maximum Gasteiger partial charge on any atom is 0.188 e. The second-order valence-electron chi connectivity index (χ2n) is 7.59. The number of hydrogen-bond acceptors (Lipinski definition) is 8. The van der Waals surface area contributed by atoms with Crippen LogP contribution in [0.15, 0.2) is 54.2 Å². The van der Waals surface area contributed by atoms with E-state index in [1.165, 1.54) is 10.4 Å². The summed E-state index contributed by atoms with van der Waals surface area (Å²) in [6.45, 7) is 4.80. The minimum absolute atomic E-state index is 0.219. The third-order valence-corrected chi connectivity index (χ3v) is 6.28. The number of pyridine rings is 1. The number of thiophene rings is 1. The fourth-order valence-corrected chi connectivity index (χ4v) is 4.57. The summed E-state index contributed by atoms with van der Waals surface area (Å²) >= 11 is 1.79. The monoisotopic (exact) mass is 448 g/mol. The smallest absolute Gasteiger partial charge is 0.188 e. The maximum absolute atomic E-state index is 5.45. The van der Waals surface area contributed by atoms with E-state index in [9.17, 15) is 0 Å². The predicted molar refractivity (Wildman–Crippen MR) is 125 cm³/mol. The third-order valence-electron chi connectivity index (χ3n) is 5.36. The van der Waals surface area contributed by atoms with Crippen molar-refractivity contribution in [3.05, 3.63) is 59.0 Å². The Hall–Kier alpha value is -2.91. The summed E-state index contributed by atoms with van der Waals surface area (Å²) in [6.07, 6.45) is 3.67. The van der Waals surface area contributed by atoms with Crippen LogP contribution in [0.2, 0.25) is 0 Å². The number of rotatable bonds is 7. The van der Waals surface area contributed by atoms with Crippen molar-refractivity contribution in [2.45, 2.75) is 6.54 Å². The number of ether oxygens (including phenoxy) is 3. The molecule has 32 heavy (non-hydrogen) atoms. The van der Waals surface area contributed by atoms with E-state index in [0.717, 1.165) is 60.8 Å². The van der Waals surface area contributed by atoms with Gasteiger partial charge in [0.2, 0.25) is 0 Å². The zero-order chi connectivity index (χ0) is 21.8. The van der Waals surface area contributed by atoms with Crippen LogP contribution >= 0.6 is 11.3 Å². The first-order chi connectivity index (χ1) is 15.8. The Bertz CT molecular complexity index is 1190. The van der Waals surface area contributed by atoms with Crippen LogP contribution in [0, 0.1) is 0 Å². The van der Waals surface area contributed by atoms with Crippen molar-refractivity contribution in [1.29, 1.82) is 0 Å². The number of fused-ring (bicyclic) bond motifs is 1. The normalized spacial score (nSPS) is 14.7. The van der Waals surface area contributed by atoms with Crippen molar-refractivity contribution in [3.63, 3.8) is 0 Å². The number of benzene rings is 1. The molecule has 1 fully saturated rings. The molecule has 1 aliphatic heterocycles. The predicted octanol–water partition coefficient (Wildman–Crippen LogP) is 4.24. The topological polar surface area (TPSA) is 69.6 Å². The van der Waals surface area contributed by atoms with Gasteiger partial charge in [0.15, 0.2) is 12.6 Å². The van der Waals surface area contributed by atoms with E-state index >= 15 is 0 Å². The second kappa shape index (κ2) is 9.70. The molecular formula is C24H24N4O3S. The van der Waals surface area contributed by atoms with Crippen LogP contribution < -0.4 is 4.74 Å². The molecule has 4 aromatic rings. The molecule has 0 bridgehead atoms. The molecular weight excluding hydrogens is 424 g/mol. The lowest BCUT2D eigenvalue weighted by Gasteiger charge is -2.25. The van der Waals surface area contributed by atoms with E-state index in [1.807, 2.05) is 30.5 Å². The van der Waals surface area contributed by atoms with Gasteiger partial charge in [-0.05, 0) is 47.3 Å². The number of nitrogens with zero attached hydrogens (tertiary/aromatic N) is 4. The summed E-state index contributed by atoms with van der Waals surface area (Å²) in [5, 5.41) is 2.19. The molecule has 1 aliphatic rings. The van der Waals surface area contributed by atoms with Crippen LogP contribution in [-0.4, -0.2) is 60.1 Å². The Labute approximate surface area is 190 Å². The lowest BCUT2D eigenvalue weighted by molar-refractivity contribution is 0.0346. The zero-order valence-corrected chi connectivity index (χ0v) is 18.7. The maximum atomic E-state index is 5.45. The van der Waals surface area contributed by atoms with Crippen molar-refractivity contribution >= 4 is 22.4 Å². The Morgan fingerprint density at radius 2 is 1.81 bits per heavy atom. The molecule has 5 rings (SSSR count). The SMILES string of the molecule is COCOc1ccc(-c2ncc3ncc(-c4csc(CN5CCOCC5)c4)cc3n2)cc1. The molecule has 0 spiro atoms. The zero-order valence-electron chi connectivity index (χ0n) is 17.9. The number of hydrogen-bond donors (Lipinski definition) is 0. The van der Waals surface area contributed by atoms with Crippen LogP contribution in [0.5, 0.6) is 5.75 Å². The van der Waals surface area contributed by atoms with Crippen LogP contribution in [0.4, 0.5) is 0 Å². The molecule has 0 atom stereocenters. The third kappa shape index (κ3) is 4.78. The van der Waals surface area contributed by atoms with Crippen molar-refractivity contribution in [2.75, 3.05) is 40.2 Å². The average molecular weight is 449 g/mol. The lowest BCUT2D eigenvalue weighted by Crippen LogP contribution is -2.35. The highest BCUT2D eigenvalue weighted by molar-refractivity contribution is 7.10. The van der Waals surface area contributed by atoms with Gasteiger partial charge in [0.25, 0.3) is 0 Å². The lowest BCUT2D eigenvalue weighted by atomic mass is 10.1. The fourth-order valence-electron chi connectivity index (χ4n) is 3.64. The van der Waals surface area contributed by atoms with Crippen LogP contribution in [0.1, 0.15) is 4.88 Å². The summed E-state index contributed by atoms with van der Waals surface area (Å²) in [5.41, 5.74) is 4.77. The first-order valence-electron chi connectivity index (χ1n) is 10.5. The van der Waals surface area contributed by atoms with Crippen molar-refractivity contribution < 1.29 is 14.2 Å². The summed E-state index contributed by atoms with van der Waals surface area (Å²) in [6, 6.07) is 12.0. The molecule has 0 unspecified atom stereocenters. The number of methoxy groups -OCH3 is 1. The van der Waals surface area contributed by atoms with Crippen LogP contribution in [0.3, 0.4) is 0 Å². The van der Waals surface area contributed by atoms with Gasteiger partial charge in [-0.25, -0.2) is 9.97 Å². The summed E-state index contributed by atoms with van der Waals surface area (Å²) in [4.78, 5) is 17.6. The first-order valence-corrected chi connectivity index (χ1v) is 11.4. The molecule has 7 nitrogen and oxygen atoms in total. The summed E-state index contributed by atoms with van der Waals surface area (Å²) in [5.74, 6) is 1.40. The Morgan fingerprint density at radius 3 is 2.62 bits per heavy atom. The molecule has 0 radical (unpaired) electrons. The van der Waals surface area contributed by atoms with Gasteiger partial charge < -0.3 is 14.2 Å². The van der Waals surface area contributed by atoms with Gasteiger partial charge in [0, 0.05) is 48.9 Å². The molecule has 0 saturated carbocycles. The van der Waals surface area contributed by atoms with E-state index in [1.54, 1.807) is 24.6 Å². The van der Waals surface area contributed by atoms with Gasteiger partial charge in [-0.2, -0.15) is 0 Å². The van der Waals surface area contributed by atoms with Gasteiger partial charge in [0.1, 0.15) is 11.3 Å². The van der Waals surface area contributed by atoms with Crippen molar-refractivity contribution in [3.8, 4) is 28.3 Å². The molecule has 164 valence electrons. The highest BCUT2D eigenvalue weighted by Gasteiger charge is 2.13. The molecule has 8 heteroatoms. The molecule has 0 amide bonds. The Morgan fingerprint density at radius 1 is 0.969 bits per heavy atom. The van der Waals surface area contributed by atoms with Gasteiger partial charge in [-0.15, -0.1) is 11.3 Å². The minimum Gasteiger partial charge on any atom is -0.468 e. The van der Waals surface area contributed by atoms with Gasteiger partial charge in [0.05, 0.1) is 24.9 Å². The molecule has 0 aliphatic carbocycles. The van der Waals surface area contributed by atoms with Crippen molar-refractivity contribution in [1.82, 2.24) is 19.9 Å². The van der Waals surface area contributed by atoms with E-state index in [2.05, 4.69) is 32.4 Å². The standard InChI is InChI=1S/C24H24N4O3S/c1-29-16-31-20-4-2-17(3-5-20)24-26-13-23-22(27-24)11-18(12-25-23)19-10-21(32-15-19)14-28-6-8-30-9-7-28/h2-5,10-13,15H,6-9,14,16H2,1H3. The number of aromatic nitrogens is 3. The van der Waals surface area contributed by atoms with E-state index < -0.39 is 0 Å². The average Bonchev–Trinajstić information content (AvgIpc) is 3.31. The number of morpholine rings is 1. The van der Waals surface area contributed by atoms with Gasteiger partial charge >= 0.3 is 0 Å². The minimum atomic E-state index is 0.219. The molecule has 1 aromatic carbocycles. The molecule has 4 heterocycles. The van der Waals surface area contributed by atoms with Crippen molar-refractivity contribution in [2.24, 2.45) is 0 Å². The van der Waals surface area contributed by atoms with Crippen LogP contribution in [0.25, 0.3) is 33.5 Å². The van der Waals surface area contributed by atoms with E-state index in [-0.39, 0.29) is 6.79 Å². The fraction of sp³-hybridized carbons (Fsp3) is 0.292. The van der Waals surface area contributed by atoms with E-state index in [0.29, 0.717) is 5.82 Å². The molecule has 3 aromatic heterocycles. The Kier molecular flexibility index (Phi) is 6.36. The molecule has 0 N–H and O–H groups in total. The Balaban J connectivity index is 1.36. The quantitative estimate of drug-likeness (QED) is 0.392. The summed E-state index contributed by atoms with van der Waals surface area (Å²) in [7, 11) is 1.60. The first kappa shape index (κ1) is 21.0.